The number of carbonyl (C=O) groups excluding carboxylic acids is 5. The van der Waals surface area contributed by atoms with Crippen LogP contribution in [0, 0.1) is 0 Å². The Kier molecular flexibility index (Phi) is 5.71. The molecule has 1 aliphatic rings. The van der Waals surface area contributed by atoms with Gasteiger partial charge in [-0.15, -0.1) is 0 Å². The monoisotopic (exact) mass is 361 g/mol. The number of imide groups is 2. The van der Waals surface area contributed by atoms with Crippen molar-refractivity contribution in [1.82, 2.24) is 10.2 Å². The lowest BCUT2D eigenvalue weighted by molar-refractivity contribution is -0.127. The van der Waals surface area contributed by atoms with Gasteiger partial charge in [-0.3, -0.25) is 24.6 Å². The zero-order valence-electron chi connectivity index (χ0n) is 14.4. The summed E-state index contributed by atoms with van der Waals surface area (Å²) >= 11 is 0. The first-order chi connectivity index (χ1) is 12.3. The molecule has 2 rings (SSSR count). The van der Waals surface area contributed by atoms with Crippen LogP contribution in [0.1, 0.15) is 57.8 Å². The van der Waals surface area contributed by atoms with Crippen LogP contribution in [-0.2, 0) is 9.53 Å². The molecular formula is C17H19N3O6. The van der Waals surface area contributed by atoms with Crippen LogP contribution in [0.2, 0.25) is 0 Å². The zero-order chi connectivity index (χ0) is 19.4. The Hall–Kier alpha value is -3.23. The van der Waals surface area contributed by atoms with E-state index < -0.39 is 35.8 Å². The molecule has 5 amide bonds. The number of nitrogens with one attached hydrogen (secondary N) is 1. The van der Waals surface area contributed by atoms with E-state index in [1.165, 1.54) is 25.1 Å². The summed E-state index contributed by atoms with van der Waals surface area (Å²) in [6.07, 6.45) is 0.255. The van der Waals surface area contributed by atoms with Gasteiger partial charge in [0.1, 0.15) is 0 Å². The van der Waals surface area contributed by atoms with Crippen molar-refractivity contribution >= 4 is 29.7 Å². The predicted molar refractivity (Wildman–Crippen MR) is 89.3 cm³/mol. The Balaban J connectivity index is 2.15. The number of amides is 5. The maximum atomic E-state index is 12.4. The van der Waals surface area contributed by atoms with Gasteiger partial charge >= 0.3 is 12.0 Å². The first-order valence-electron chi connectivity index (χ1n) is 8.07. The van der Waals surface area contributed by atoms with E-state index in [0.717, 1.165) is 11.3 Å². The third-order valence-electron chi connectivity index (χ3n) is 3.84. The van der Waals surface area contributed by atoms with E-state index in [1.807, 2.05) is 6.92 Å². The Morgan fingerprint density at radius 1 is 1.19 bits per heavy atom. The van der Waals surface area contributed by atoms with E-state index in [2.05, 4.69) is 0 Å². The third kappa shape index (κ3) is 3.88. The van der Waals surface area contributed by atoms with Crippen LogP contribution in [0.4, 0.5) is 4.79 Å². The molecule has 138 valence electrons. The number of rotatable bonds is 6. The molecule has 0 spiro atoms. The maximum absolute atomic E-state index is 12.4. The summed E-state index contributed by atoms with van der Waals surface area (Å²) in [6.45, 7) is 3.53. The first-order valence-corrected chi connectivity index (χ1v) is 8.07. The number of nitrogens with zero attached hydrogens (tertiary/aromatic N) is 1. The highest BCUT2D eigenvalue weighted by Gasteiger charge is 2.35. The summed E-state index contributed by atoms with van der Waals surface area (Å²) in [5, 5.41) is 1.80. The summed E-state index contributed by atoms with van der Waals surface area (Å²) < 4.78 is 4.94. The van der Waals surface area contributed by atoms with Crippen molar-refractivity contribution < 1.29 is 28.7 Å². The van der Waals surface area contributed by atoms with Crippen molar-refractivity contribution in [2.45, 2.75) is 32.8 Å². The molecule has 0 saturated carbocycles. The Bertz CT molecular complexity index is 789. The number of urea groups is 1. The lowest BCUT2D eigenvalue weighted by Crippen LogP contribution is -2.42. The van der Waals surface area contributed by atoms with Gasteiger partial charge in [-0.1, -0.05) is 13.3 Å². The molecule has 0 bridgehead atoms. The number of esters is 1. The fourth-order valence-corrected chi connectivity index (χ4v) is 2.44. The number of unbranched alkanes of at least 4 members (excludes halogenated alkanes) is 1. The van der Waals surface area contributed by atoms with Gasteiger partial charge in [0.2, 0.25) is 0 Å². The number of nitrogens with two attached hydrogens (primary N) is 1. The summed E-state index contributed by atoms with van der Waals surface area (Å²) in [6, 6.07) is 2.93. The third-order valence-corrected chi connectivity index (χ3v) is 3.84. The summed E-state index contributed by atoms with van der Waals surface area (Å²) in [7, 11) is 0. The van der Waals surface area contributed by atoms with E-state index in [-0.39, 0.29) is 16.7 Å². The van der Waals surface area contributed by atoms with Crippen LogP contribution >= 0.6 is 0 Å². The van der Waals surface area contributed by atoms with Crippen LogP contribution in [0.15, 0.2) is 18.2 Å². The molecule has 0 aromatic heterocycles. The number of ether oxygens (including phenoxy) is 1. The number of hydrogen-bond acceptors (Lipinski definition) is 6. The molecule has 1 heterocycles. The molecule has 1 aromatic carbocycles. The van der Waals surface area contributed by atoms with E-state index in [1.54, 1.807) is 5.32 Å². The quantitative estimate of drug-likeness (QED) is 0.569. The predicted octanol–water partition coefficient (Wildman–Crippen LogP) is 0.823. The van der Waals surface area contributed by atoms with Crippen LogP contribution in [0.3, 0.4) is 0 Å². The van der Waals surface area contributed by atoms with Crippen LogP contribution < -0.4 is 11.1 Å². The molecule has 0 saturated heterocycles. The standard InChI is InChI=1S/C17H19N3O6/c1-3-4-7-20-14(22)11-6-5-10(8-12(11)15(20)23)16(24)26-9(2)13(21)19-17(18)25/h5-6,8-9H,3-4,7H2,1-2H3,(H3,18,19,21,25). The summed E-state index contributed by atoms with van der Waals surface area (Å²) in [4.78, 5) is 60.1. The van der Waals surface area contributed by atoms with Gasteiger partial charge in [0.05, 0.1) is 16.7 Å². The summed E-state index contributed by atoms with van der Waals surface area (Å²) in [5.74, 6) is -2.60. The van der Waals surface area contributed by atoms with E-state index in [0.29, 0.717) is 13.0 Å². The minimum absolute atomic E-state index is 0.0148. The first kappa shape index (κ1) is 19.1. The normalized spacial score (nSPS) is 14.0. The average Bonchev–Trinajstić information content (AvgIpc) is 2.82. The molecule has 9 nitrogen and oxygen atoms in total. The van der Waals surface area contributed by atoms with Crippen LogP contribution in [-0.4, -0.2) is 47.3 Å². The van der Waals surface area contributed by atoms with Crippen LogP contribution in [0.25, 0.3) is 0 Å². The molecule has 0 aliphatic carbocycles. The highest BCUT2D eigenvalue weighted by Crippen LogP contribution is 2.24. The molecule has 1 aliphatic heterocycles. The van der Waals surface area contributed by atoms with Gasteiger partial charge in [-0.2, -0.15) is 0 Å². The smallest absolute Gasteiger partial charge is 0.338 e. The minimum atomic E-state index is -1.26. The second kappa shape index (κ2) is 7.77. The topological polar surface area (TPSA) is 136 Å². The Labute approximate surface area is 149 Å². The zero-order valence-corrected chi connectivity index (χ0v) is 14.4. The van der Waals surface area contributed by atoms with Gasteiger partial charge in [-0.25, -0.2) is 9.59 Å². The number of carbonyl (C=O) groups is 5. The molecule has 0 radical (unpaired) electrons. The highest BCUT2D eigenvalue weighted by atomic mass is 16.5. The fourth-order valence-electron chi connectivity index (χ4n) is 2.44. The molecule has 3 N–H and O–H groups in total. The summed E-state index contributed by atoms with van der Waals surface area (Å²) in [5.41, 5.74) is 5.18. The fraction of sp³-hybridized carbons (Fsp3) is 0.353. The lowest BCUT2D eigenvalue weighted by atomic mass is 10.1. The van der Waals surface area contributed by atoms with Crippen molar-refractivity contribution in [3.8, 4) is 0 Å². The number of hydrogen-bond donors (Lipinski definition) is 2. The van der Waals surface area contributed by atoms with Gasteiger partial charge in [0.15, 0.2) is 6.10 Å². The number of fused-ring (bicyclic) bond motifs is 1. The van der Waals surface area contributed by atoms with Gasteiger partial charge in [0, 0.05) is 6.54 Å². The maximum Gasteiger partial charge on any atom is 0.338 e. The van der Waals surface area contributed by atoms with Crippen molar-refractivity contribution in [3.05, 3.63) is 34.9 Å². The lowest BCUT2D eigenvalue weighted by Gasteiger charge is -2.12. The van der Waals surface area contributed by atoms with Crippen molar-refractivity contribution in [2.75, 3.05) is 6.54 Å². The van der Waals surface area contributed by atoms with Gasteiger partial charge in [-0.05, 0) is 31.5 Å². The molecule has 1 aromatic rings. The molecule has 1 unspecified atom stereocenters. The number of benzene rings is 1. The van der Waals surface area contributed by atoms with Gasteiger partial charge < -0.3 is 10.5 Å². The van der Waals surface area contributed by atoms with Crippen molar-refractivity contribution in [3.63, 3.8) is 0 Å². The second-order valence-corrected chi connectivity index (χ2v) is 5.78. The highest BCUT2D eigenvalue weighted by molar-refractivity contribution is 6.22. The number of primary amides is 1. The Morgan fingerprint density at radius 2 is 1.85 bits per heavy atom. The second-order valence-electron chi connectivity index (χ2n) is 5.78. The molecule has 0 fully saturated rings. The van der Waals surface area contributed by atoms with Crippen molar-refractivity contribution in [2.24, 2.45) is 5.73 Å². The van der Waals surface area contributed by atoms with Gasteiger partial charge in [0.25, 0.3) is 17.7 Å². The largest absolute Gasteiger partial charge is 0.449 e. The SMILES string of the molecule is CCCCN1C(=O)c2ccc(C(=O)OC(C)C(=O)NC(N)=O)cc2C1=O. The molecule has 1 atom stereocenters. The minimum Gasteiger partial charge on any atom is -0.449 e. The van der Waals surface area contributed by atoms with E-state index >= 15 is 0 Å². The molecule has 26 heavy (non-hydrogen) atoms. The van der Waals surface area contributed by atoms with Crippen molar-refractivity contribution in [1.29, 1.82) is 0 Å². The molecule has 9 heteroatoms. The molecular weight excluding hydrogens is 342 g/mol. The Morgan fingerprint density at radius 3 is 2.46 bits per heavy atom. The van der Waals surface area contributed by atoms with E-state index in [4.69, 9.17) is 10.5 Å². The van der Waals surface area contributed by atoms with E-state index in [9.17, 15) is 24.0 Å². The average molecular weight is 361 g/mol. The van der Waals surface area contributed by atoms with Crippen LogP contribution in [0.5, 0.6) is 0 Å².